The molecule has 0 bridgehead atoms. The van der Waals surface area contributed by atoms with Crippen molar-refractivity contribution in [3.63, 3.8) is 0 Å². The lowest BCUT2D eigenvalue weighted by molar-refractivity contribution is 0.110. The SMILES string of the molecule is Cc1cccc(SC(C)CNCC2CCCO2)c1. The minimum atomic E-state index is 0.446. The van der Waals surface area contributed by atoms with Gasteiger partial charge in [-0.3, -0.25) is 0 Å². The van der Waals surface area contributed by atoms with Crippen molar-refractivity contribution in [2.45, 2.75) is 42.9 Å². The molecule has 2 rings (SSSR count). The fourth-order valence-electron chi connectivity index (χ4n) is 2.22. The molecule has 0 aliphatic carbocycles. The average molecular weight is 265 g/mol. The molecule has 2 atom stereocenters. The van der Waals surface area contributed by atoms with Gasteiger partial charge in [0.2, 0.25) is 0 Å². The van der Waals surface area contributed by atoms with Crippen molar-refractivity contribution >= 4 is 11.8 Å². The van der Waals surface area contributed by atoms with E-state index < -0.39 is 0 Å². The number of hydrogen-bond donors (Lipinski definition) is 1. The van der Waals surface area contributed by atoms with Crippen LogP contribution in [0.1, 0.15) is 25.3 Å². The summed E-state index contributed by atoms with van der Waals surface area (Å²) in [7, 11) is 0. The van der Waals surface area contributed by atoms with Crippen LogP contribution in [-0.4, -0.2) is 31.1 Å². The molecule has 18 heavy (non-hydrogen) atoms. The number of nitrogens with one attached hydrogen (secondary N) is 1. The number of ether oxygens (including phenoxy) is 1. The van der Waals surface area contributed by atoms with Gasteiger partial charge in [0.25, 0.3) is 0 Å². The van der Waals surface area contributed by atoms with Gasteiger partial charge in [0.15, 0.2) is 0 Å². The molecule has 1 aliphatic heterocycles. The Morgan fingerprint density at radius 1 is 1.50 bits per heavy atom. The topological polar surface area (TPSA) is 21.3 Å². The first kappa shape index (κ1) is 13.9. The Kier molecular flexibility index (Phi) is 5.54. The Hall–Kier alpha value is -0.510. The molecule has 1 N–H and O–H groups in total. The van der Waals surface area contributed by atoms with E-state index in [0.29, 0.717) is 11.4 Å². The molecule has 2 nitrogen and oxygen atoms in total. The predicted octanol–water partition coefficient (Wildman–Crippen LogP) is 3.24. The summed E-state index contributed by atoms with van der Waals surface area (Å²) < 4.78 is 5.60. The molecule has 0 aromatic heterocycles. The molecule has 0 amide bonds. The van der Waals surface area contributed by atoms with Crippen LogP contribution in [0.25, 0.3) is 0 Å². The van der Waals surface area contributed by atoms with E-state index in [-0.39, 0.29) is 0 Å². The van der Waals surface area contributed by atoms with Gasteiger partial charge in [-0.15, -0.1) is 11.8 Å². The Morgan fingerprint density at radius 3 is 3.11 bits per heavy atom. The van der Waals surface area contributed by atoms with Crippen LogP contribution < -0.4 is 5.32 Å². The second-order valence-electron chi connectivity index (χ2n) is 5.04. The third kappa shape index (κ3) is 4.63. The highest BCUT2D eigenvalue weighted by atomic mass is 32.2. The molecule has 0 spiro atoms. The van der Waals surface area contributed by atoms with Gasteiger partial charge in [-0.05, 0) is 31.9 Å². The van der Waals surface area contributed by atoms with Gasteiger partial charge in [0, 0.05) is 29.8 Å². The number of rotatable bonds is 6. The molecule has 0 saturated carbocycles. The highest BCUT2D eigenvalue weighted by molar-refractivity contribution is 8.00. The highest BCUT2D eigenvalue weighted by Crippen LogP contribution is 2.23. The van der Waals surface area contributed by atoms with Crippen molar-refractivity contribution in [3.8, 4) is 0 Å². The van der Waals surface area contributed by atoms with Crippen LogP contribution >= 0.6 is 11.8 Å². The fraction of sp³-hybridized carbons (Fsp3) is 0.600. The largest absolute Gasteiger partial charge is 0.377 e. The van der Waals surface area contributed by atoms with E-state index >= 15 is 0 Å². The quantitative estimate of drug-likeness (QED) is 0.798. The van der Waals surface area contributed by atoms with E-state index in [2.05, 4.69) is 43.4 Å². The lowest BCUT2D eigenvalue weighted by Crippen LogP contribution is -2.30. The summed E-state index contributed by atoms with van der Waals surface area (Å²) in [5.41, 5.74) is 1.33. The van der Waals surface area contributed by atoms with Crippen LogP contribution in [0, 0.1) is 6.92 Å². The van der Waals surface area contributed by atoms with Crippen molar-refractivity contribution < 1.29 is 4.74 Å². The summed E-state index contributed by atoms with van der Waals surface area (Å²) in [6.45, 7) is 7.40. The zero-order valence-electron chi connectivity index (χ0n) is 11.3. The minimum absolute atomic E-state index is 0.446. The van der Waals surface area contributed by atoms with Gasteiger partial charge < -0.3 is 10.1 Å². The number of thioether (sulfide) groups is 1. The average Bonchev–Trinajstić information content (AvgIpc) is 2.82. The molecular formula is C15H23NOS. The third-order valence-electron chi connectivity index (χ3n) is 3.15. The van der Waals surface area contributed by atoms with Gasteiger partial charge >= 0.3 is 0 Å². The Balaban J connectivity index is 1.66. The van der Waals surface area contributed by atoms with Crippen LogP contribution in [0.5, 0.6) is 0 Å². The summed E-state index contributed by atoms with van der Waals surface area (Å²) in [6.07, 6.45) is 2.88. The van der Waals surface area contributed by atoms with E-state index in [1.807, 2.05) is 11.8 Å². The van der Waals surface area contributed by atoms with E-state index in [0.717, 1.165) is 19.7 Å². The molecule has 1 fully saturated rings. The zero-order valence-corrected chi connectivity index (χ0v) is 12.1. The summed E-state index contributed by atoms with van der Waals surface area (Å²) in [6, 6.07) is 8.71. The van der Waals surface area contributed by atoms with Crippen LogP contribution in [0.2, 0.25) is 0 Å². The summed E-state index contributed by atoms with van der Waals surface area (Å²) in [4.78, 5) is 1.36. The molecule has 1 aromatic rings. The highest BCUT2D eigenvalue weighted by Gasteiger charge is 2.15. The first-order chi connectivity index (χ1) is 8.74. The maximum absolute atomic E-state index is 5.60. The van der Waals surface area contributed by atoms with Crippen molar-refractivity contribution in [2.24, 2.45) is 0 Å². The molecular weight excluding hydrogens is 242 g/mol. The Bertz CT molecular complexity index is 363. The lowest BCUT2D eigenvalue weighted by Gasteiger charge is -2.15. The second kappa shape index (κ2) is 7.17. The van der Waals surface area contributed by atoms with Gasteiger partial charge in [0.05, 0.1) is 6.10 Å². The molecule has 1 saturated heterocycles. The van der Waals surface area contributed by atoms with Crippen molar-refractivity contribution in [1.82, 2.24) is 5.32 Å². The van der Waals surface area contributed by atoms with Gasteiger partial charge in [-0.1, -0.05) is 24.6 Å². The smallest absolute Gasteiger partial charge is 0.0700 e. The van der Waals surface area contributed by atoms with Crippen LogP contribution in [0.3, 0.4) is 0 Å². The van der Waals surface area contributed by atoms with E-state index in [9.17, 15) is 0 Å². The molecule has 1 heterocycles. The van der Waals surface area contributed by atoms with Crippen molar-refractivity contribution in [1.29, 1.82) is 0 Å². The van der Waals surface area contributed by atoms with E-state index in [1.54, 1.807) is 0 Å². The summed E-state index contributed by atoms with van der Waals surface area (Å²) in [5, 5.41) is 4.11. The predicted molar refractivity (Wildman–Crippen MR) is 78.3 cm³/mol. The first-order valence-corrected chi connectivity index (χ1v) is 7.67. The maximum atomic E-state index is 5.60. The monoisotopic (exact) mass is 265 g/mol. The van der Waals surface area contributed by atoms with Crippen molar-refractivity contribution in [3.05, 3.63) is 29.8 Å². The maximum Gasteiger partial charge on any atom is 0.0700 e. The summed E-state index contributed by atoms with van der Waals surface area (Å²) >= 11 is 1.94. The first-order valence-electron chi connectivity index (χ1n) is 6.79. The van der Waals surface area contributed by atoms with E-state index in [4.69, 9.17) is 4.74 Å². The molecule has 0 radical (unpaired) electrons. The number of benzene rings is 1. The second-order valence-corrected chi connectivity index (χ2v) is 6.55. The Labute approximate surface area is 114 Å². The number of hydrogen-bond acceptors (Lipinski definition) is 3. The third-order valence-corrected chi connectivity index (χ3v) is 4.25. The molecule has 1 aromatic carbocycles. The van der Waals surface area contributed by atoms with Gasteiger partial charge in [-0.25, -0.2) is 0 Å². The molecule has 1 aliphatic rings. The van der Waals surface area contributed by atoms with Crippen LogP contribution in [0.15, 0.2) is 29.2 Å². The van der Waals surface area contributed by atoms with Crippen molar-refractivity contribution in [2.75, 3.05) is 19.7 Å². The van der Waals surface area contributed by atoms with Crippen LogP contribution in [0.4, 0.5) is 0 Å². The summed E-state index contributed by atoms with van der Waals surface area (Å²) in [5.74, 6) is 0. The Morgan fingerprint density at radius 2 is 2.39 bits per heavy atom. The van der Waals surface area contributed by atoms with Gasteiger partial charge in [-0.2, -0.15) is 0 Å². The standard InChI is InChI=1S/C15H23NOS/c1-12-5-3-7-15(9-12)18-13(2)10-16-11-14-6-4-8-17-14/h3,5,7,9,13-14,16H,4,6,8,10-11H2,1-2H3. The van der Waals surface area contributed by atoms with Crippen LogP contribution in [-0.2, 0) is 4.74 Å². The lowest BCUT2D eigenvalue weighted by atomic mass is 10.2. The minimum Gasteiger partial charge on any atom is -0.377 e. The van der Waals surface area contributed by atoms with Gasteiger partial charge in [0.1, 0.15) is 0 Å². The molecule has 3 heteroatoms. The molecule has 2 unspecified atom stereocenters. The fourth-order valence-corrected chi connectivity index (χ4v) is 3.29. The zero-order chi connectivity index (χ0) is 12.8. The van der Waals surface area contributed by atoms with E-state index in [1.165, 1.54) is 23.3 Å². The normalized spacial score (nSPS) is 21.1. The molecule has 100 valence electrons. The number of aryl methyl sites for hydroxylation is 1.